The summed E-state index contributed by atoms with van der Waals surface area (Å²) in [6.07, 6.45) is 5.11. The van der Waals surface area contributed by atoms with Gasteiger partial charge in [0.15, 0.2) is 0 Å². The number of carbonyl (C=O) groups excluding carboxylic acids is 3. The van der Waals surface area contributed by atoms with E-state index in [4.69, 9.17) is 9.84 Å². The minimum Gasteiger partial charge on any atom is -0.508 e. The van der Waals surface area contributed by atoms with Gasteiger partial charge in [-0.2, -0.15) is 0 Å². The third kappa shape index (κ3) is 13.9. The highest BCUT2D eigenvalue weighted by atomic mass is 16.5. The number of hydrogen-bond donors (Lipinski definition) is 5. The Morgan fingerprint density at radius 2 is 1.77 bits per heavy atom. The molecule has 10 heteroatoms. The largest absolute Gasteiger partial charge is 0.508 e. The van der Waals surface area contributed by atoms with Crippen LogP contribution in [0.4, 0.5) is 0 Å². The molecule has 0 saturated carbocycles. The molecule has 0 aliphatic rings. The molecule has 0 saturated heterocycles. The second-order valence-corrected chi connectivity index (χ2v) is 11.0. The molecule has 3 unspecified atom stereocenters. The number of aryl methyl sites for hydroxylation is 1. The molecule has 0 bridgehead atoms. The van der Waals surface area contributed by atoms with Crippen molar-refractivity contribution in [1.29, 1.82) is 0 Å². The number of likely N-dealkylation sites (N-methyl/N-ethyl adjacent to an activating group) is 2. The topological polar surface area (TPSA) is 140 Å². The van der Waals surface area contributed by atoms with Crippen molar-refractivity contribution < 1.29 is 29.3 Å². The monoisotopic (exact) mass is 598 g/mol. The minimum absolute atomic E-state index is 0.0207. The van der Waals surface area contributed by atoms with Crippen molar-refractivity contribution >= 4 is 24.2 Å². The van der Waals surface area contributed by atoms with Crippen molar-refractivity contribution in [1.82, 2.24) is 20.9 Å². The molecule has 0 spiro atoms. The third-order valence-electron chi connectivity index (χ3n) is 6.83. The molecule has 2 amide bonds. The number of rotatable bonds is 16. The Balaban J connectivity index is 0.000000990. The van der Waals surface area contributed by atoms with E-state index in [0.29, 0.717) is 37.5 Å². The average Bonchev–Trinajstić information content (AvgIpc) is 2.97. The zero-order valence-electron chi connectivity index (χ0n) is 26.6. The van der Waals surface area contributed by atoms with Crippen molar-refractivity contribution in [2.75, 3.05) is 40.3 Å². The summed E-state index contributed by atoms with van der Waals surface area (Å²) in [6.45, 7) is 10.4. The molecule has 3 atom stereocenters. The highest BCUT2D eigenvalue weighted by Crippen LogP contribution is 2.20. The van der Waals surface area contributed by atoms with Gasteiger partial charge in [0.05, 0.1) is 18.2 Å². The van der Waals surface area contributed by atoms with Crippen LogP contribution >= 0.6 is 0 Å². The van der Waals surface area contributed by atoms with E-state index < -0.39 is 17.7 Å². The first-order chi connectivity index (χ1) is 20.3. The Labute approximate surface area is 256 Å². The van der Waals surface area contributed by atoms with Gasteiger partial charge in [0.25, 0.3) is 0 Å². The first-order valence-corrected chi connectivity index (χ1v) is 14.6. The zero-order chi connectivity index (χ0) is 32.4. The second kappa shape index (κ2) is 19.5. The molecule has 0 aliphatic carbocycles. The van der Waals surface area contributed by atoms with Crippen LogP contribution < -0.4 is 20.7 Å². The number of phenolic OH excluding ortho intramolecular Hbond substituents is 1. The molecule has 0 fully saturated rings. The van der Waals surface area contributed by atoms with Gasteiger partial charge >= 0.3 is 0 Å². The van der Waals surface area contributed by atoms with Crippen LogP contribution in [-0.4, -0.2) is 91.2 Å². The lowest BCUT2D eigenvalue weighted by atomic mass is 9.94. The summed E-state index contributed by atoms with van der Waals surface area (Å²) in [7, 11) is 3.26. The van der Waals surface area contributed by atoms with Crippen LogP contribution in [0.25, 0.3) is 6.08 Å². The van der Waals surface area contributed by atoms with Crippen LogP contribution in [-0.2, 0) is 14.4 Å². The number of nitrogens with one attached hydrogen (secondary N) is 3. The molecule has 43 heavy (non-hydrogen) atoms. The van der Waals surface area contributed by atoms with E-state index in [9.17, 15) is 19.5 Å². The van der Waals surface area contributed by atoms with Crippen LogP contribution in [0.15, 0.2) is 54.6 Å². The summed E-state index contributed by atoms with van der Waals surface area (Å²) in [4.78, 5) is 37.5. The maximum Gasteiger partial charge on any atom is 0.240 e. The van der Waals surface area contributed by atoms with Crippen LogP contribution in [0.2, 0.25) is 0 Å². The second-order valence-electron chi connectivity index (χ2n) is 11.0. The van der Waals surface area contributed by atoms with Gasteiger partial charge in [-0.25, -0.2) is 0 Å². The fraction of sp³-hybridized carbons (Fsp3) is 0.485. The van der Waals surface area contributed by atoms with E-state index in [1.807, 2.05) is 69.3 Å². The summed E-state index contributed by atoms with van der Waals surface area (Å²) >= 11 is 0. The molecule has 5 N–H and O–H groups in total. The quantitative estimate of drug-likeness (QED) is 0.147. The zero-order valence-corrected chi connectivity index (χ0v) is 26.6. The SMILES string of the molecule is CCC(C)C(NCCOc1ccccc1/C=C/CNC(=O)CNC)C(=O)N(C)C(C=O)C(C)(C)O.Cc1ccc(O)cc1. The van der Waals surface area contributed by atoms with Gasteiger partial charge in [-0.15, -0.1) is 0 Å². The normalized spacial score (nSPS) is 13.3. The van der Waals surface area contributed by atoms with Crippen molar-refractivity contribution in [3.05, 3.63) is 65.7 Å². The number of para-hydroxylation sites is 1. The van der Waals surface area contributed by atoms with Gasteiger partial charge < -0.3 is 40.6 Å². The molecule has 2 aromatic rings. The highest BCUT2D eigenvalue weighted by molar-refractivity contribution is 5.85. The predicted molar refractivity (Wildman–Crippen MR) is 171 cm³/mol. The van der Waals surface area contributed by atoms with Crippen LogP contribution in [0.3, 0.4) is 0 Å². The fourth-order valence-corrected chi connectivity index (χ4v) is 4.11. The molecule has 2 aromatic carbocycles. The van der Waals surface area contributed by atoms with Gasteiger partial charge in [0.1, 0.15) is 30.4 Å². The van der Waals surface area contributed by atoms with Gasteiger partial charge in [0.2, 0.25) is 11.8 Å². The molecule has 0 radical (unpaired) electrons. The van der Waals surface area contributed by atoms with Crippen LogP contribution in [0, 0.1) is 12.8 Å². The lowest BCUT2D eigenvalue weighted by Crippen LogP contribution is -2.57. The van der Waals surface area contributed by atoms with Crippen molar-refractivity contribution in [3.8, 4) is 11.5 Å². The number of aldehydes is 1. The Bertz CT molecular complexity index is 1130. The average molecular weight is 599 g/mol. The molecule has 2 rings (SSSR count). The number of carbonyl (C=O) groups is 3. The number of aliphatic hydroxyl groups is 1. The van der Waals surface area contributed by atoms with Crippen LogP contribution in [0.1, 0.15) is 45.2 Å². The number of benzene rings is 2. The molecule has 238 valence electrons. The molecule has 0 heterocycles. The van der Waals surface area contributed by atoms with E-state index in [-0.39, 0.29) is 24.3 Å². The smallest absolute Gasteiger partial charge is 0.240 e. The Hall–Kier alpha value is -3.73. The molecule has 0 aliphatic heterocycles. The number of ether oxygens (including phenoxy) is 1. The van der Waals surface area contributed by atoms with E-state index >= 15 is 0 Å². The van der Waals surface area contributed by atoms with Crippen molar-refractivity contribution in [3.63, 3.8) is 0 Å². The Morgan fingerprint density at radius 1 is 1.12 bits per heavy atom. The standard InChI is InChI=1S/C26H42N4O5.C7H8O/c1-7-19(2)24(25(33)30(6)22(18-31)26(3,4)34)29-15-16-35-21-13-9-8-11-20(21)12-10-14-28-23(32)17-27-5;1-6-2-4-7(8)5-3-6/h8-13,18-19,22,24,27,29,34H,7,14-17H2,1-6H3,(H,28,32);2-5,8H,1H3/b12-10+;. The van der Waals surface area contributed by atoms with Crippen molar-refractivity contribution in [2.45, 2.75) is 58.7 Å². The Kier molecular flexibility index (Phi) is 16.9. The van der Waals surface area contributed by atoms with Gasteiger partial charge in [-0.3, -0.25) is 9.59 Å². The number of hydrogen-bond acceptors (Lipinski definition) is 8. The minimum atomic E-state index is -1.35. The lowest BCUT2D eigenvalue weighted by molar-refractivity contribution is -0.144. The number of nitrogens with zero attached hydrogens (tertiary/aromatic N) is 1. The first-order valence-electron chi connectivity index (χ1n) is 14.6. The molecular weight excluding hydrogens is 548 g/mol. The number of amides is 2. The first kappa shape index (κ1) is 37.3. The lowest BCUT2D eigenvalue weighted by Gasteiger charge is -2.36. The van der Waals surface area contributed by atoms with E-state index in [1.54, 1.807) is 19.2 Å². The third-order valence-corrected chi connectivity index (χ3v) is 6.83. The summed E-state index contributed by atoms with van der Waals surface area (Å²) in [5, 5.41) is 27.9. The van der Waals surface area contributed by atoms with E-state index in [2.05, 4.69) is 16.0 Å². The van der Waals surface area contributed by atoms with Gasteiger partial charge in [-0.1, -0.05) is 68.3 Å². The van der Waals surface area contributed by atoms with Crippen molar-refractivity contribution in [2.24, 2.45) is 5.92 Å². The predicted octanol–water partition coefficient (Wildman–Crippen LogP) is 2.92. The number of phenols is 1. The summed E-state index contributed by atoms with van der Waals surface area (Å²) in [5.74, 6) is 0.717. The van der Waals surface area contributed by atoms with Gasteiger partial charge in [-0.05, 0) is 51.9 Å². The molecule has 10 nitrogen and oxygen atoms in total. The van der Waals surface area contributed by atoms with E-state index in [0.717, 1.165) is 12.0 Å². The van der Waals surface area contributed by atoms with Gasteiger partial charge in [0, 0.05) is 25.7 Å². The van der Waals surface area contributed by atoms with Crippen LogP contribution in [0.5, 0.6) is 11.5 Å². The number of aromatic hydroxyl groups is 1. The summed E-state index contributed by atoms with van der Waals surface area (Å²) in [6, 6.07) is 13.2. The highest BCUT2D eigenvalue weighted by Gasteiger charge is 2.36. The molecule has 0 aromatic heterocycles. The fourth-order valence-electron chi connectivity index (χ4n) is 4.11. The maximum absolute atomic E-state index is 13.2. The Morgan fingerprint density at radius 3 is 2.33 bits per heavy atom. The molecular formula is C33H50N4O6. The summed E-state index contributed by atoms with van der Waals surface area (Å²) < 4.78 is 5.95. The summed E-state index contributed by atoms with van der Waals surface area (Å²) in [5.41, 5.74) is 0.703. The maximum atomic E-state index is 13.2. The van der Waals surface area contributed by atoms with E-state index in [1.165, 1.54) is 31.4 Å².